The number of nitrogens with zero attached hydrogens (tertiary/aromatic N) is 1. The fraction of sp³-hybridized carbons (Fsp3) is 0.855. The van der Waals surface area contributed by atoms with Gasteiger partial charge < -0.3 is 19.4 Å². The van der Waals surface area contributed by atoms with Crippen molar-refractivity contribution in [1.82, 2.24) is 5.32 Å². The van der Waals surface area contributed by atoms with Crippen molar-refractivity contribution in [3.8, 4) is 0 Å². The number of hydrogen-bond acceptors (Lipinski definition) is 6. The fourth-order valence-electron chi connectivity index (χ4n) is 10.0. The molecule has 3 unspecified atom stereocenters. The quantitative estimate of drug-likeness (QED) is 0.0205. The van der Waals surface area contributed by atoms with Gasteiger partial charge in [-0.3, -0.25) is 18.6 Å². The zero-order valence-corrected chi connectivity index (χ0v) is 54.0. The van der Waals surface area contributed by atoms with E-state index in [4.69, 9.17) is 13.8 Å². The van der Waals surface area contributed by atoms with Crippen LogP contribution in [0.4, 0.5) is 0 Å². The molecular formula is C69H132N2O7P+. The van der Waals surface area contributed by atoms with Crippen molar-refractivity contribution in [2.45, 2.75) is 341 Å². The van der Waals surface area contributed by atoms with Gasteiger partial charge in [0.25, 0.3) is 0 Å². The van der Waals surface area contributed by atoms with Gasteiger partial charge in [0.15, 0.2) is 0 Å². The minimum absolute atomic E-state index is 0.0378. The third kappa shape index (κ3) is 60.4. The Morgan fingerprint density at radius 3 is 1.18 bits per heavy atom. The number of amides is 1. The highest BCUT2D eigenvalue weighted by Gasteiger charge is 2.30. The third-order valence-electron chi connectivity index (χ3n) is 15.3. The van der Waals surface area contributed by atoms with Crippen molar-refractivity contribution < 1.29 is 37.3 Å². The van der Waals surface area contributed by atoms with E-state index in [9.17, 15) is 19.0 Å². The summed E-state index contributed by atoms with van der Waals surface area (Å²) in [5.74, 6) is -0.515. The Hall–Kier alpha value is -2.03. The number of rotatable bonds is 62. The summed E-state index contributed by atoms with van der Waals surface area (Å²) in [6.45, 7) is 7.02. The summed E-state index contributed by atoms with van der Waals surface area (Å²) in [6, 6.07) is -0.856. The molecular weight excluding hydrogens is 1000 g/mol. The lowest BCUT2D eigenvalue weighted by Crippen LogP contribution is -2.47. The number of esters is 1. The molecule has 0 spiro atoms. The predicted octanol–water partition coefficient (Wildman–Crippen LogP) is 21.2. The van der Waals surface area contributed by atoms with Gasteiger partial charge in [0, 0.05) is 12.8 Å². The van der Waals surface area contributed by atoms with Gasteiger partial charge in [-0.2, -0.15) is 0 Å². The Labute approximate surface area is 490 Å². The van der Waals surface area contributed by atoms with Crippen LogP contribution < -0.4 is 5.32 Å². The van der Waals surface area contributed by atoms with E-state index in [1.54, 1.807) is 0 Å². The van der Waals surface area contributed by atoms with Crippen molar-refractivity contribution in [2.75, 3.05) is 40.9 Å². The molecule has 0 fully saturated rings. The molecule has 0 aromatic heterocycles. The van der Waals surface area contributed by atoms with Gasteiger partial charge in [-0.05, 0) is 70.3 Å². The summed E-state index contributed by atoms with van der Waals surface area (Å²) in [7, 11) is 1.49. The molecule has 0 aromatic carbocycles. The van der Waals surface area contributed by atoms with Gasteiger partial charge in [0.2, 0.25) is 5.91 Å². The van der Waals surface area contributed by atoms with Crippen molar-refractivity contribution in [3.05, 3.63) is 48.6 Å². The monoisotopic (exact) mass is 1130 g/mol. The molecule has 3 atom stereocenters. The second-order valence-corrected chi connectivity index (χ2v) is 25.8. The number of phosphoric acid groups is 1. The second-order valence-electron chi connectivity index (χ2n) is 24.4. The first-order chi connectivity index (χ1) is 38.4. The number of ether oxygens (including phenoxy) is 1. The van der Waals surface area contributed by atoms with Crippen LogP contribution in [0.1, 0.15) is 329 Å². The maximum Gasteiger partial charge on any atom is 0.472 e. The van der Waals surface area contributed by atoms with Crippen LogP contribution in [0.2, 0.25) is 0 Å². The van der Waals surface area contributed by atoms with E-state index >= 15 is 0 Å². The topological polar surface area (TPSA) is 111 Å². The number of hydrogen-bond donors (Lipinski definition) is 2. The van der Waals surface area contributed by atoms with Crippen molar-refractivity contribution >= 4 is 19.7 Å². The molecule has 0 radical (unpaired) electrons. The van der Waals surface area contributed by atoms with Crippen LogP contribution in [0.5, 0.6) is 0 Å². The van der Waals surface area contributed by atoms with E-state index in [2.05, 4.69) is 62.5 Å². The Balaban J connectivity index is 5.16. The molecule has 9 nitrogen and oxygen atoms in total. The fourth-order valence-corrected chi connectivity index (χ4v) is 10.7. The molecule has 1 amide bonds. The van der Waals surface area contributed by atoms with Crippen LogP contribution in [-0.2, 0) is 27.9 Å². The summed E-state index contributed by atoms with van der Waals surface area (Å²) in [4.78, 5) is 37.8. The molecule has 0 saturated heterocycles. The minimum Gasteiger partial charge on any atom is -0.456 e. The first-order valence-corrected chi connectivity index (χ1v) is 35.5. The van der Waals surface area contributed by atoms with Gasteiger partial charge in [0.1, 0.15) is 19.3 Å². The minimum atomic E-state index is -4.46. The molecule has 464 valence electrons. The number of allylic oxidation sites excluding steroid dienone is 7. The largest absolute Gasteiger partial charge is 0.472 e. The molecule has 79 heavy (non-hydrogen) atoms. The first-order valence-electron chi connectivity index (χ1n) is 34.0. The van der Waals surface area contributed by atoms with Gasteiger partial charge in [0.05, 0.1) is 33.8 Å². The number of likely N-dealkylation sites (N-methyl/N-ethyl adjacent to an activating group) is 1. The first kappa shape index (κ1) is 77.0. The van der Waals surface area contributed by atoms with Crippen LogP contribution in [0.3, 0.4) is 0 Å². The van der Waals surface area contributed by atoms with Crippen LogP contribution in [0.25, 0.3) is 0 Å². The molecule has 0 aliphatic heterocycles. The van der Waals surface area contributed by atoms with E-state index in [-0.39, 0.29) is 31.5 Å². The van der Waals surface area contributed by atoms with Gasteiger partial charge in [-0.25, -0.2) is 4.57 Å². The number of phosphoric ester groups is 1. The Bertz CT molecular complexity index is 1490. The summed E-state index contributed by atoms with van der Waals surface area (Å²) in [5.41, 5.74) is 0. The molecule has 0 aromatic rings. The van der Waals surface area contributed by atoms with Crippen LogP contribution in [-0.4, -0.2) is 74.3 Å². The van der Waals surface area contributed by atoms with E-state index < -0.39 is 20.0 Å². The van der Waals surface area contributed by atoms with Crippen LogP contribution in [0.15, 0.2) is 48.6 Å². The molecule has 0 bridgehead atoms. The number of carbonyl (C=O) groups excluding carboxylic acids is 2. The van der Waals surface area contributed by atoms with Gasteiger partial charge >= 0.3 is 13.8 Å². The Morgan fingerprint density at radius 2 is 0.772 bits per heavy atom. The van der Waals surface area contributed by atoms with Crippen molar-refractivity contribution in [3.63, 3.8) is 0 Å². The highest BCUT2D eigenvalue weighted by molar-refractivity contribution is 7.47. The standard InChI is InChI=1S/C69H131N2O7P/c1-7-10-13-16-19-22-25-28-30-32-33-34-35-36-37-39-40-43-46-49-52-55-58-61-68(72)70-66(65-77-79(74,75)76-64-63-71(4,5)6)67(60-57-54-51-48-45-42-27-24-21-18-15-12-9-3)78-69(73)62-59-56-53-50-47-44-41-38-31-29-26-23-20-17-14-11-8-2/h20,23,29,31,41,44,57,60,66-67H,7-19,21-22,24-28,30,32-40,42-43,45-56,58-59,61-65H2,1-6H3,(H-,70,72,74,75)/p+1/b23-20-,31-29-,44-41-,60-57+. The van der Waals surface area contributed by atoms with Crippen molar-refractivity contribution in [1.29, 1.82) is 0 Å². The third-order valence-corrected chi connectivity index (χ3v) is 16.3. The zero-order valence-electron chi connectivity index (χ0n) is 53.1. The Morgan fingerprint density at radius 1 is 0.443 bits per heavy atom. The summed E-state index contributed by atoms with van der Waals surface area (Å²) in [5, 5.41) is 3.07. The lowest BCUT2D eigenvalue weighted by molar-refractivity contribution is -0.870. The molecule has 0 aliphatic rings. The summed E-state index contributed by atoms with van der Waals surface area (Å²) < 4.78 is 30.8. The highest BCUT2D eigenvalue weighted by atomic mass is 31.2. The number of carbonyl (C=O) groups is 2. The highest BCUT2D eigenvalue weighted by Crippen LogP contribution is 2.43. The van der Waals surface area contributed by atoms with Gasteiger partial charge in [-0.15, -0.1) is 0 Å². The van der Waals surface area contributed by atoms with Crippen molar-refractivity contribution in [2.24, 2.45) is 0 Å². The molecule has 2 N–H and O–H groups in total. The normalized spacial score (nSPS) is 13.9. The zero-order chi connectivity index (χ0) is 57.9. The van der Waals surface area contributed by atoms with E-state index in [0.717, 1.165) is 77.0 Å². The maximum absolute atomic E-state index is 13.6. The molecule has 10 heteroatoms. The smallest absolute Gasteiger partial charge is 0.456 e. The number of quaternary nitrogens is 1. The van der Waals surface area contributed by atoms with E-state index in [0.29, 0.717) is 23.9 Å². The van der Waals surface area contributed by atoms with Crippen LogP contribution >= 0.6 is 7.82 Å². The molecule has 0 aliphatic carbocycles. The lowest BCUT2D eigenvalue weighted by atomic mass is 10.0. The molecule has 0 saturated carbocycles. The summed E-state index contributed by atoms with van der Waals surface area (Å²) in [6.07, 6.45) is 74.0. The SMILES string of the molecule is CCCCC/C=C\C/C=C\C/C=C\CCCCCCC(=O)OC(/C=C/CCCCCCCCCCCCC)C(COP(=O)(O)OCC[N+](C)(C)C)NC(=O)CCCCCCCCCCCCCCCCCCCCCCCCC. The second kappa shape index (κ2) is 59.1. The lowest BCUT2D eigenvalue weighted by Gasteiger charge is -2.27. The van der Waals surface area contributed by atoms with E-state index in [1.165, 1.54) is 212 Å². The molecule has 0 rings (SSSR count). The number of nitrogens with one attached hydrogen (secondary N) is 1. The average Bonchev–Trinajstić information content (AvgIpc) is 3.41. The Kier molecular flexibility index (Phi) is 57.6. The van der Waals surface area contributed by atoms with Gasteiger partial charge in [-0.1, -0.05) is 294 Å². The van der Waals surface area contributed by atoms with E-state index in [1.807, 2.05) is 33.3 Å². The molecule has 0 heterocycles. The number of unbranched alkanes of at least 4 members (excludes halogenated alkanes) is 40. The van der Waals surface area contributed by atoms with Crippen LogP contribution in [0, 0.1) is 0 Å². The predicted molar refractivity (Wildman–Crippen MR) is 342 cm³/mol. The summed E-state index contributed by atoms with van der Waals surface area (Å²) >= 11 is 0. The average molecular weight is 1130 g/mol. The maximum atomic E-state index is 13.6.